The van der Waals surface area contributed by atoms with E-state index in [0.717, 1.165) is 12.8 Å². The number of fused-ring (bicyclic) bond motifs is 1. The molecule has 1 heterocycles. The number of nitrogens with zero attached hydrogens (tertiary/aromatic N) is 2. The molecule has 3 atom stereocenters. The van der Waals surface area contributed by atoms with E-state index in [-0.39, 0.29) is 34.2 Å². The monoisotopic (exact) mass is 310 g/mol. The van der Waals surface area contributed by atoms with Crippen LogP contribution in [0.2, 0.25) is 5.02 Å². The number of nitro benzene ring substituents is 1. The van der Waals surface area contributed by atoms with Crippen LogP contribution in [0.3, 0.4) is 0 Å². The topological polar surface area (TPSA) is 83.7 Å². The first kappa shape index (κ1) is 14.3. The van der Waals surface area contributed by atoms with Crippen molar-refractivity contribution in [3.8, 4) is 0 Å². The summed E-state index contributed by atoms with van der Waals surface area (Å²) in [5.41, 5.74) is -0.109. The molecule has 1 amide bonds. The number of rotatable bonds is 2. The van der Waals surface area contributed by atoms with Crippen molar-refractivity contribution in [2.45, 2.75) is 18.9 Å². The summed E-state index contributed by atoms with van der Waals surface area (Å²) < 4.78 is 0. The van der Waals surface area contributed by atoms with Gasteiger partial charge in [-0.2, -0.15) is 0 Å². The summed E-state index contributed by atoms with van der Waals surface area (Å²) in [5, 5.41) is 20.7. The maximum atomic E-state index is 12.5. The molecule has 1 aliphatic heterocycles. The third kappa shape index (κ3) is 2.38. The van der Waals surface area contributed by atoms with E-state index >= 15 is 0 Å². The number of nitro groups is 1. The van der Waals surface area contributed by atoms with Crippen molar-refractivity contribution in [3.63, 3.8) is 0 Å². The summed E-state index contributed by atoms with van der Waals surface area (Å²) in [7, 11) is 0. The average Bonchev–Trinajstić information content (AvgIpc) is 3.01. The average molecular weight is 311 g/mol. The van der Waals surface area contributed by atoms with Gasteiger partial charge in [0.15, 0.2) is 0 Å². The summed E-state index contributed by atoms with van der Waals surface area (Å²) in [6, 6.07) is 4.24. The predicted molar refractivity (Wildman–Crippen MR) is 76.2 cm³/mol. The molecule has 0 spiro atoms. The number of carbonyl (C=O) groups is 1. The number of amides is 1. The Kier molecular flexibility index (Phi) is 3.59. The zero-order chi connectivity index (χ0) is 15.1. The molecule has 1 aromatic carbocycles. The van der Waals surface area contributed by atoms with Crippen LogP contribution in [-0.4, -0.2) is 40.0 Å². The lowest BCUT2D eigenvalue weighted by Gasteiger charge is -2.19. The Morgan fingerprint density at radius 2 is 2.14 bits per heavy atom. The lowest BCUT2D eigenvalue weighted by Crippen LogP contribution is -2.31. The zero-order valence-corrected chi connectivity index (χ0v) is 12.0. The van der Waals surface area contributed by atoms with E-state index in [2.05, 4.69) is 0 Å². The molecule has 112 valence electrons. The molecule has 1 aliphatic carbocycles. The number of aliphatic hydroxyl groups excluding tert-OH is 1. The van der Waals surface area contributed by atoms with Crippen LogP contribution in [0.15, 0.2) is 18.2 Å². The molecular formula is C14H15ClN2O4. The molecule has 2 fully saturated rings. The van der Waals surface area contributed by atoms with Crippen LogP contribution in [-0.2, 0) is 0 Å². The van der Waals surface area contributed by atoms with Gasteiger partial charge in [0.05, 0.1) is 16.6 Å². The summed E-state index contributed by atoms with van der Waals surface area (Å²) in [6.07, 6.45) is 1.35. The SMILES string of the molecule is O=C(c1cccc([N+](=O)[O-])c1Cl)N1CC2CCC(O)C2C1. The molecule has 0 aromatic heterocycles. The summed E-state index contributed by atoms with van der Waals surface area (Å²) in [4.78, 5) is 24.4. The molecule has 0 radical (unpaired) electrons. The van der Waals surface area contributed by atoms with Crippen molar-refractivity contribution in [1.29, 1.82) is 0 Å². The van der Waals surface area contributed by atoms with Crippen LogP contribution in [0.25, 0.3) is 0 Å². The van der Waals surface area contributed by atoms with Gasteiger partial charge in [-0.1, -0.05) is 17.7 Å². The second-order valence-electron chi connectivity index (χ2n) is 5.67. The lowest BCUT2D eigenvalue weighted by atomic mass is 10.00. The smallest absolute Gasteiger partial charge is 0.288 e. The highest BCUT2D eigenvalue weighted by Gasteiger charge is 2.43. The quantitative estimate of drug-likeness (QED) is 0.669. The normalized spacial score (nSPS) is 27.7. The second kappa shape index (κ2) is 5.27. The highest BCUT2D eigenvalue weighted by Crippen LogP contribution is 2.39. The van der Waals surface area contributed by atoms with Crippen molar-refractivity contribution in [2.24, 2.45) is 11.8 Å². The van der Waals surface area contributed by atoms with Gasteiger partial charge >= 0.3 is 0 Å². The number of hydrogen-bond acceptors (Lipinski definition) is 4. The molecule has 1 saturated carbocycles. The number of halogens is 1. The molecule has 1 aromatic rings. The van der Waals surface area contributed by atoms with Crippen LogP contribution >= 0.6 is 11.6 Å². The fraction of sp³-hybridized carbons (Fsp3) is 0.500. The van der Waals surface area contributed by atoms with E-state index in [1.165, 1.54) is 18.2 Å². The first-order valence-corrected chi connectivity index (χ1v) is 7.27. The third-order valence-corrected chi connectivity index (χ3v) is 4.91. The number of carbonyl (C=O) groups excluding carboxylic acids is 1. The molecule has 21 heavy (non-hydrogen) atoms. The minimum absolute atomic E-state index is 0.117. The number of benzene rings is 1. The van der Waals surface area contributed by atoms with Crippen LogP contribution in [0.4, 0.5) is 5.69 Å². The summed E-state index contributed by atoms with van der Waals surface area (Å²) in [6.45, 7) is 1.07. The van der Waals surface area contributed by atoms with Gasteiger partial charge in [-0.05, 0) is 24.8 Å². The fourth-order valence-electron chi connectivity index (χ4n) is 3.40. The second-order valence-corrected chi connectivity index (χ2v) is 6.05. The molecule has 2 aliphatic rings. The Labute approximate surface area is 126 Å². The van der Waals surface area contributed by atoms with Gasteiger partial charge in [0.2, 0.25) is 0 Å². The van der Waals surface area contributed by atoms with Gasteiger partial charge in [-0.3, -0.25) is 14.9 Å². The first-order valence-electron chi connectivity index (χ1n) is 6.89. The van der Waals surface area contributed by atoms with Crippen molar-refractivity contribution in [3.05, 3.63) is 38.9 Å². The molecule has 3 rings (SSSR count). The highest BCUT2D eigenvalue weighted by molar-refractivity contribution is 6.35. The maximum Gasteiger partial charge on any atom is 0.288 e. The molecule has 6 nitrogen and oxygen atoms in total. The zero-order valence-electron chi connectivity index (χ0n) is 11.2. The Balaban J connectivity index is 1.84. The molecule has 1 N–H and O–H groups in total. The first-order chi connectivity index (χ1) is 9.99. The van der Waals surface area contributed by atoms with Gasteiger partial charge < -0.3 is 10.0 Å². The van der Waals surface area contributed by atoms with E-state index in [1.54, 1.807) is 4.90 Å². The van der Waals surface area contributed by atoms with Gasteiger partial charge in [0.1, 0.15) is 5.02 Å². The van der Waals surface area contributed by atoms with E-state index in [1.807, 2.05) is 0 Å². The van der Waals surface area contributed by atoms with Crippen molar-refractivity contribution < 1.29 is 14.8 Å². The van der Waals surface area contributed by atoms with Crippen LogP contribution < -0.4 is 0 Å². The van der Waals surface area contributed by atoms with E-state index in [9.17, 15) is 20.0 Å². The van der Waals surface area contributed by atoms with Gasteiger partial charge in [0.25, 0.3) is 11.6 Å². The van der Waals surface area contributed by atoms with E-state index < -0.39 is 4.92 Å². The van der Waals surface area contributed by atoms with Crippen LogP contribution in [0, 0.1) is 22.0 Å². The number of likely N-dealkylation sites (tertiary alicyclic amines) is 1. The molecule has 7 heteroatoms. The Morgan fingerprint density at radius 3 is 2.81 bits per heavy atom. The van der Waals surface area contributed by atoms with E-state index in [0.29, 0.717) is 19.0 Å². The Hall–Kier alpha value is -1.66. The predicted octanol–water partition coefficient (Wildman–Crippen LogP) is 2.09. The lowest BCUT2D eigenvalue weighted by molar-refractivity contribution is -0.384. The molecule has 3 unspecified atom stereocenters. The largest absolute Gasteiger partial charge is 0.393 e. The standard InChI is InChI=1S/C14H15ClN2O4/c15-13-9(2-1-3-11(13)17(20)21)14(19)16-6-8-4-5-12(18)10(8)7-16/h1-3,8,10,12,18H,4-7H2. The molecule has 1 saturated heterocycles. The minimum atomic E-state index is -0.596. The van der Waals surface area contributed by atoms with Crippen molar-refractivity contribution in [2.75, 3.05) is 13.1 Å². The molecular weight excluding hydrogens is 296 g/mol. The minimum Gasteiger partial charge on any atom is -0.393 e. The summed E-state index contributed by atoms with van der Waals surface area (Å²) >= 11 is 5.99. The van der Waals surface area contributed by atoms with Crippen molar-refractivity contribution in [1.82, 2.24) is 4.90 Å². The van der Waals surface area contributed by atoms with Gasteiger partial charge in [-0.15, -0.1) is 0 Å². The molecule has 0 bridgehead atoms. The number of hydrogen-bond donors (Lipinski definition) is 1. The van der Waals surface area contributed by atoms with Gasteiger partial charge in [0, 0.05) is 25.1 Å². The van der Waals surface area contributed by atoms with E-state index in [4.69, 9.17) is 11.6 Å². The maximum absolute atomic E-state index is 12.5. The summed E-state index contributed by atoms with van der Waals surface area (Å²) in [5.74, 6) is 0.137. The third-order valence-electron chi connectivity index (χ3n) is 4.51. The number of aliphatic hydroxyl groups is 1. The fourth-order valence-corrected chi connectivity index (χ4v) is 3.67. The van der Waals surface area contributed by atoms with Crippen LogP contribution in [0.1, 0.15) is 23.2 Å². The Bertz CT molecular complexity index is 607. The van der Waals surface area contributed by atoms with Crippen LogP contribution in [0.5, 0.6) is 0 Å². The van der Waals surface area contributed by atoms with Gasteiger partial charge in [-0.25, -0.2) is 0 Å². The highest BCUT2D eigenvalue weighted by atomic mass is 35.5. The van der Waals surface area contributed by atoms with Crippen molar-refractivity contribution >= 4 is 23.2 Å². The Morgan fingerprint density at radius 1 is 1.38 bits per heavy atom.